The fourth-order valence-electron chi connectivity index (χ4n) is 1.69. The molecule has 0 fully saturated rings. The third-order valence-corrected chi connectivity index (χ3v) is 3.83. The highest BCUT2D eigenvalue weighted by molar-refractivity contribution is 7.18. The number of ether oxygens (including phenoxy) is 1. The Morgan fingerprint density at radius 1 is 1.35 bits per heavy atom. The first-order chi connectivity index (χ1) is 8.33. The van der Waals surface area contributed by atoms with Crippen LogP contribution in [0.3, 0.4) is 0 Å². The molecule has 0 aliphatic heterocycles. The maximum absolute atomic E-state index is 5.67. The van der Waals surface area contributed by atoms with E-state index in [0.717, 1.165) is 36.4 Å². The molecule has 1 aromatic carbocycles. The maximum Gasteiger partial charge on any atom is 0.120 e. The van der Waals surface area contributed by atoms with E-state index < -0.39 is 0 Å². The first kappa shape index (κ1) is 12.7. The average Bonchev–Trinajstić information content (AvgIpc) is 2.72. The molecule has 0 atom stereocenters. The lowest BCUT2D eigenvalue weighted by Gasteiger charge is -2.00. The number of benzene rings is 1. The van der Waals surface area contributed by atoms with Gasteiger partial charge in [0.1, 0.15) is 5.75 Å². The zero-order valence-electron chi connectivity index (χ0n) is 9.91. The Morgan fingerprint density at radius 3 is 3.00 bits per heavy atom. The fourth-order valence-corrected chi connectivity index (χ4v) is 2.91. The number of hydrogen-bond acceptors (Lipinski definition) is 3. The number of unbranched alkanes of at least 4 members (excludes halogenated alkanes) is 1. The second-order valence-corrected chi connectivity index (χ2v) is 5.31. The number of fused-ring (bicyclic) bond motifs is 1. The van der Waals surface area contributed by atoms with Crippen molar-refractivity contribution in [2.75, 3.05) is 12.5 Å². The molecule has 0 spiro atoms. The van der Waals surface area contributed by atoms with Gasteiger partial charge >= 0.3 is 0 Å². The molecular formula is C13H16ClNOS. The zero-order chi connectivity index (χ0) is 12.1. The summed E-state index contributed by atoms with van der Waals surface area (Å²) in [7, 11) is 0. The summed E-state index contributed by atoms with van der Waals surface area (Å²) in [6, 6.07) is 6.08. The Balaban J connectivity index is 2.12. The van der Waals surface area contributed by atoms with E-state index in [4.69, 9.17) is 16.3 Å². The minimum absolute atomic E-state index is 0.701. The lowest BCUT2D eigenvalue weighted by Crippen LogP contribution is -1.89. The van der Waals surface area contributed by atoms with Gasteiger partial charge in [-0.15, -0.1) is 22.9 Å². The van der Waals surface area contributed by atoms with E-state index in [9.17, 15) is 0 Å². The van der Waals surface area contributed by atoms with Crippen LogP contribution in [-0.2, 0) is 6.42 Å². The smallest absolute Gasteiger partial charge is 0.120 e. The Morgan fingerprint density at radius 2 is 2.24 bits per heavy atom. The Bertz CT molecular complexity index is 483. The summed E-state index contributed by atoms with van der Waals surface area (Å²) in [5, 5.41) is 1.19. The van der Waals surface area contributed by atoms with Gasteiger partial charge in [-0.05, 0) is 44.4 Å². The van der Waals surface area contributed by atoms with Crippen LogP contribution in [0.1, 0.15) is 24.8 Å². The van der Waals surface area contributed by atoms with Gasteiger partial charge in [-0.3, -0.25) is 0 Å². The van der Waals surface area contributed by atoms with Gasteiger partial charge in [0.2, 0.25) is 0 Å². The topological polar surface area (TPSA) is 22.1 Å². The molecule has 0 aliphatic rings. The number of alkyl halides is 1. The van der Waals surface area contributed by atoms with Gasteiger partial charge in [0.05, 0.1) is 21.8 Å². The Hall–Kier alpha value is -0.800. The number of hydrogen-bond donors (Lipinski definition) is 0. The van der Waals surface area contributed by atoms with E-state index in [-0.39, 0.29) is 0 Å². The number of aromatic nitrogens is 1. The minimum atomic E-state index is 0.701. The molecule has 1 aromatic heterocycles. The van der Waals surface area contributed by atoms with E-state index in [2.05, 4.69) is 11.1 Å². The third-order valence-electron chi connectivity index (χ3n) is 2.49. The first-order valence-electron chi connectivity index (χ1n) is 5.91. The van der Waals surface area contributed by atoms with Crippen LogP contribution in [0.5, 0.6) is 5.75 Å². The Labute approximate surface area is 111 Å². The molecule has 2 nitrogen and oxygen atoms in total. The van der Waals surface area contributed by atoms with E-state index in [0.29, 0.717) is 6.61 Å². The van der Waals surface area contributed by atoms with Crippen LogP contribution in [0.25, 0.3) is 10.2 Å². The largest absolute Gasteiger partial charge is 0.494 e. The van der Waals surface area contributed by atoms with Crippen LogP contribution in [0.2, 0.25) is 0 Å². The highest BCUT2D eigenvalue weighted by atomic mass is 35.5. The van der Waals surface area contributed by atoms with Crippen molar-refractivity contribution < 1.29 is 4.74 Å². The lowest BCUT2D eigenvalue weighted by molar-refractivity contribution is 0.341. The second-order valence-electron chi connectivity index (χ2n) is 3.82. The molecule has 0 radical (unpaired) electrons. The molecule has 0 N–H and O–H groups in total. The number of rotatable bonds is 6. The maximum atomic E-state index is 5.67. The summed E-state index contributed by atoms with van der Waals surface area (Å²) in [6.07, 6.45) is 3.19. The van der Waals surface area contributed by atoms with Gasteiger partial charge in [0, 0.05) is 5.88 Å². The van der Waals surface area contributed by atoms with Crippen molar-refractivity contribution in [3.63, 3.8) is 0 Å². The van der Waals surface area contributed by atoms with Crippen molar-refractivity contribution in [1.82, 2.24) is 4.98 Å². The monoisotopic (exact) mass is 269 g/mol. The fraction of sp³-hybridized carbons (Fsp3) is 0.462. The van der Waals surface area contributed by atoms with Crippen molar-refractivity contribution in [2.45, 2.75) is 26.2 Å². The van der Waals surface area contributed by atoms with Crippen LogP contribution in [0.4, 0.5) is 0 Å². The van der Waals surface area contributed by atoms with Crippen molar-refractivity contribution in [1.29, 1.82) is 0 Å². The van der Waals surface area contributed by atoms with Gasteiger partial charge in [-0.25, -0.2) is 4.98 Å². The summed E-state index contributed by atoms with van der Waals surface area (Å²) in [6.45, 7) is 2.70. The van der Waals surface area contributed by atoms with Crippen molar-refractivity contribution in [3.05, 3.63) is 23.2 Å². The molecule has 1 heterocycles. The van der Waals surface area contributed by atoms with Gasteiger partial charge in [-0.2, -0.15) is 0 Å². The lowest BCUT2D eigenvalue weighted by atomic mass is 10.2. The van der Waals surface area contributed by atoms with Crippen LogP contribution < -0.4 is 4.74 Å². The summed E-state index contributed by atoms with van der Waals surface area (Å²) in [4.78, 5) is 4.61. The highest BCUT2D eigenvalue weighted by Crippen LogP contribution is 2.27. The molecule has 0 saturated heterocycles. The molecule has 92 valence electrons. The van der Waals surface area contributed by atoms with E-state index in [1.807, 2.05) is 19.1 Å². The first-order valence-corrected chi connectivity index (χ1v) is 7.27. The predicted octanol–water partition coefficient (Wildman–Crippen LogP) is 4.26. The quantitative estimate of drug-likeness (QED) is 0.578. The molecule has 17 heavy (non-hydrogen) atoms. The zero-order valence-corrected chi connectivity index (χ0v) is 11.5. The molecule has 0 amide bonds. The van der Waals surface area contributed by atoms with Crippen molar-refractivity contribution in [3.8, 4) is 5.75 Å². The molecule has 0 bridgehead atoms. The SMILES string of the molecule is CCOc1ccc2nc(CCCCCl)sc2c1. The molecule has 2 aromatic rings. The van der Waals surface area contributed by atoms with Crippen LogP contribution >= 0.6 is 22.9 Å². The summed E-state index contributed by atoms with van der Waals surface area (Å²) in [5.74, 6) is 1.66. The van der Waals surface area contributed by atoms with Crippen LogP contribution in [-0.4, -0.2) is 17.5 Å². The predicted molar refractivity (Wildman–Crippen MR) is 74.4 cm³/mol. The summed E-state index contributed by atoms with van der Waals surface area (Å²) in [5.41, 5.74) is 1.07. The number of aryl methyl sites for hydroxylation is 1. The van der Waals surface area contributed by atoms with Crippen LogP contribution in [0.15, 0.2) is 18.2 Å². The van der Waals surface area contributed by atoms with E-state index >= 15 is 0 Å². The second kappa shape index (κ2) is 6.22. The van der Waals surface area contributed by atoms with Gasteiger partial charge in [-0.1, -0.05) is 0 Å². The molecular weight excluding hydrogens is 254 g/mol. The number of halogens is 1. The molecule has 0 saturated carbocycles. The third kappa shape index (κ3) is 3.33. The number of thiazole rings is 1. The van der Waals surface area contributed by atoms with Crippen molar-refractivity contribution in [2.24, 2.45) is 0 Å². The van der Waals surface area contributed by atoms with Gasteiger partial charge in [0.25, 0.3) is 0 Å². The van der Waals surface area contributed by atoms with Crippen LogP contribution in [0, 0.1) is 0 Å². The normalized spacial score (nSPS) is 10.9. The van der Waals surface area contributed by atoms with Crippen molar-refractivity contribution >= 4 is 33.2 Å². The van der Waals surface area contributed by atoms with E-state index in [1.54, 1.807) is 11.3 Å². The Kier molecular flexibility index (Phi) is 4.63. The van der Waals surface area contributed by atoms with Gasteiger partial charge < -0.3 is 4.74 Å². The summed E-state index contributed by atoms with van der Waals surface area (Å²) >= 11 is 7.42. The molecule has 4 heteroatoms. The minimum Gasteiger partial charge on any atom is -0.494 e. The van der Waals surface area contributed by atoms with Gasteiger partial charge in [0.15, 0.2) is 0 Å². The number of nitrogens with zero attached hydrogens (tertiary/aromatic N) is 1. The standard InChI is InChI=1S/C13H16ClNOS/c1-2-16-10-6-7-11-12(9-10)17-13(15-11)5-3-4-8-14/h6-7,9H,2-5,8H2,1H3. The summed E-state index contributed by atoms with van der Waals surface area (Å²) < 4.78 is 6.69. The molecule has 0 aliphatic carbocycles. The highest BCUT2D eigenvalue weighted by Gasteiger charge is 2.04. The molecule has 2 rings (SSSR count). The van der Waals surface area contributed by atoms with E-state index in [1.165, 1.54) is 9.71 Å². The molecule has 0 unspecified atom stereocenters. The average molecular weight is 270 g/mol.